The molecular weight excluding hydrogens is 368 g/mol. The predicted molar refractivity (Wildman–Crippen MR) is 96.7 cm³/mol. The smallest absolute Gasteiger partial charge is 0.238 e. The summed E-state index contributed by atoms with van der Waals surface area (Å²) in [5, 5.41) is 13.3. The third-order valence-electron chi connectivity index (χ3n) is 3.04. The summed E-state index contributed by atoms with van der Waals surface area (Å²) in [5.74, 6) is 6.82. The highest BCUT2D eigenvalue weighted by molar-refractivity contribution is 8.00. The molecule has 3 rings (SSSR count). The van der Waals surface area contributed by atoms with E-state index in [4.69, 9.17) is 17.4 Å². The lowest BCUT2D eigenvalue weighted by molar-refractivity contribution is -0.115. The van der Waals surface area contributed by atoms with Crippen molar-refractivity contribution in [2.24, 2.45) is 0 Å². The molecular formula is C14H13ClN6OS2. The van der Waals surface area contributed by atoms with Gasteiger partial charge in [0.15, 0.2) is 5.82 Å². The van der Waals surface area contributed by atoms with E-state index in [9.17, 15) is 4.79 Å². The zero-order valence-electron chi connectivity index (χ0n) is 12.5. The Morgan fingerprint density at radius 1 is 1.42 bits per heavy atom. The number of thioether (sulfide) groups is 1. The summed E-state index contributed by atoms with van der Waals surface area (Å²) < 4.78 is 1.39. The highest BCUT2D eigenvalue weighted by Gasteiger charge is 2.20. The summed E-state index contributed by atoms with van der Waals surface area (Å²) in [6.07, 6.45) is 1.47. The lowest BCUT2D eigenvalue weighted by Gasteiger charge is -2.10. The number of halogens is 1. The summed E-state index contributed by atoms with van der Waals surface area (Å²) in [6, 6.07) is 7.12. The van der Waals surface area contributed by atoms with E-state index in [0.29, 0.717) is 21.8 Å². The summed E-state index contributed by atoms with van der Waals surface area (Å²) >= 11 is 8.51. The second kappa shape index (κ2) is 7.20. The first kappa shape index (κ1) is 16.7. The molecule has 0 aliphatic carbocycles. The van der Waals surface area contributed by atoms with Crippen LogP contribution in [0.5, 0.6) is 0 Å². The number of thiophene rings is 1. The van der Waals surface area contributed by atoms with Gasteiger partial charge in [0.05, 0.1) is 15.1 Å². The first-order valence-electron chi connectivity index (χ1n) is 6.88. The number of hydrogen-bond donors (Lipinski definition) is 2. The van der Waals surface area contributed by atoms with E-state index < -0.39 is 5.25 Å². The van der Waals surface area contributed by atoms with Gasteiger partial charge in [0.1, 0.15) is 5.82 Å². The van der Waals surface area contributed by atoms with Crippen molar-refractivity contribution in [2.75, 3.05) is 11.2 Å². The van der Waals surface area contributed by atoms with E-state index >= 15 is 0 Å². The maximum atomic E-state index is 12.2. The number of carbonyl (C=O) groups excluding carboxylic acids is 1. The summed E-state index contributed by atoms with van der Waals surface area (Å²) in [5.41, 5.74) is 0. The number of carbonyl (C=O) groups is 1. The van der Waals surface area contributed by atoms with E-state index in [-0.39, 0.29) is 5.91 Å². The number of amides is 1. The number of nitrogens with zero attached hydrogens (tertiary/aromatic N) is 4. The average molecular weight is 381 g/mol. The molecule has 1 atom stereocenters. The molecule has 0 fully saturated rings. The molecule has 1 amide bonds. The van der Waals surface area contributed by atoms with E-state index in [1.807, 2.05) is 17.5 Å². The van der Waals surface area contributed by atoms with Crippen LogP contribution in [0.25, 0.3) is 10.7 Å². The van der Waals surface area contributed by atoms with E-state index in [0.717, 1.165) is 4.88 Å². The maximum absolute atomic E-state index is 12.2. The molecule has 0 aliphatic heterocycles. The van der Waals surface area contributed by atoms with Crippen LogP contribution >= 0.6 is 34.7 Å². The normalized spacial score (nSPS) is 12.1. The van der Waals surface area contributed by atoms with E-state index in [2.05, 4.69) is 20.5 Å². The molecule has 3 N–H and O–H groups in total. The molecule has 0 radical (unpaired) electrons. The molecule has 0 saturated carbocycles. The van der Waals surface area contributed by atoms with Crippen molar-refractivity contribution in [3.63, 3.8) is 0 Å². The van der Waals surface area contributed by atoms with Gasteiger partial charge >= 0.3 is 0 Å². The Balaban J connectivity index is 1.67. The Morgan fingerprint density at radius 2 is 2.25 bits per heavy atom. The molecule has 0 spiro atoms. The lowest BCUT2D eigenvalue weighted by Crippen LogP contribution is -2.24. The number of rotatable bonds is 5. The molecule has 0 unspecified atom stereocenters. The number of aromatic nitrogens is 4. The molecule has 7 nitrogen and oxygen atoms in total. The van der Waals surface area contributed by atoms with E-state index in [1.165, 1.54) is 34.0 Å². The van der Waals surface area contributed by atoms with Gasteiger partial charge < -0.3 is 11.2 Å². The fraction of sp³-hybridized carbons (Fsp3) is 0.143. The first-order chi connectivity index (χ1) is 11.5. The molecule has 0 bridgehead atoms. The molecule has 0 aliphatic rings. The second-order valence-electron chi connectivity index (χ2n) is 4.76. The largest absolute Gasteiger partial charge is 0.335 e. The molecule has 0 aromatic carbocycles. The zero-order chi connectivity index (χ0) is 17.1. The van der Waals surface area contributed by atoms with Gasteiger partial charge in [-0.05, 0) is 30.5 Å². The van der Waals surface area contributed by atoms with Gasteiger partial charge in [-0.25, -0.2) is 9.66 Å². The van der Waals surface area contributed by atoms with Crippen molar-refractivity contribution in [2.45, 2.75) is 17.3 Å². The average Bonchev–Trinajstić information content (AvgIpc) is 3.20. The van der Waals surface area contributed by atoms with Crippen molar-refractivity contribution < 1.29 is 4.79 Å². The third-order valence-corrected chi connectivity index (χ3v) is 5.18. The van der Waals surface area contributed by atoms with Gasteiger partial charge in [-0.2, -0.15) is 0 Å². The summed E-state index contributed by atoms with van der Waals surface area (Å²) in [6.45, 7) is 1.76. The van der Waals surface area contributed by atoms with Crippen molar-refractivity contribution in [3.05, 3.63) is 40.9 Å². The van der Waals surface area contributed by atoms with Crippen LogP contribution in [0.1, 0.15) is 6.92 Å². The minimum absolute atomic E-state index is 0.213. The van der Waals surface area contributed by atoms with Crippen LogP contribution in [0.2, 0.25) is 5.02 Å². The topological polar surface area (TPSA) is 98.7 Å². The molecule has 24 heavy (non-hydrogen) atoms. The van der Waals surface area contributed by atoms with Gasteiger partial charge in [-0.3, -0.25) is 4.79 Å². The number of nitrogen functional groups attached to an aromatic ring is 1. The standard InChI is InChI=1S/C14H13ClN6OS2/c1-8(13(22)18-11-5-4-9(15)7-17-11)24-14-20-19-12(21(14)16)10-3-2-6-23-10/h2-8H,16H2,1H3,(H,17,18,22)/t8-/m0/s1. The number of hydrogen-bond acceptors (Lipinski definition) is 7. The Labute approximate surface area is 151 Å². The predicted octanol–water partition coefficient (Wildman–Crippen LogP) is 2.89. The second-order valence-corrected chi connectivity index (χ2v) is 7.46. The van der Waals surface area contributed by atoms with Crippen molar-refractivity contribution >= 4 is 46.4 Å². The Kier molecular flexibility index (Phi) is 5.03. The van der Waals surface area contributed by atoms with Gasteiger partial charge in [0, 0.05) is 6.20 Å². The van der Waals surface area contributed by atoms with Crippen molar-refractivity contribution in [3.8, 4) is 10.7 Å². The van der Waals surface area contributed by atoms with Gasteiger partial charge in [-0.1, -0.05) is 29.4 Å². The minimum atomic E-state index is -0.426. The van der Waals surface area contributed by atoms with Crippen LogP contribution in [0, 0.1) is 0 Å². The molecule has 0 saturated heterocycles. The Hall–Kier alpha value is -2.10. The lowest BCUT2D eigenvalue weighted by atomic mass is 10.4. The van der Waals surface area contributed by atoms with Crippen LogP contribution in [0.15, 0.2) is 41.0 Å². The minimum Gasteiger partial charge on any atom is -0.335 e. The van der Waals surface area contributed by atoms with Crippen LogP contribution in [-0.2, 0) is 4.79 Å². The number of pyridine rings is 1. The highest BCUT2D eigenvalue weighted by atomic mass is 35.5. The van der Waals surface area contributed by atoms with Crippen LogP contribution < -0.4 is 11.2 Å². The SMILES string of the molecule is C[C@H](Sc1nnc(-c2cccs2)n1N)C(=O)Nc1ccc(Cl)cn1. The number of nitrogens with two attached hydrogens (primary N) is 1. The van der Waals surface area contributed by atoms with Crippen molar-refractivity contribution in [1.82, 2.24) is 19.9 Å². The quantitative estimate of drug-likeness (QED) is 0.521. The third kappa shape index (κ3) is 3.69. The van der Waals surface area contributed by atoms with Gasteiger partial charge in [0.2, 0.25) is 11.1 Å². The van der Waals surface area contributed by atoms with Gasteiger partial charge in [-0.15, -0.1) is 21.5 Å². The highest BCUT2D eigenvalue weighted by Crippen LogP contribution is 2.27. The van der Waals surface area contributed by atoms with E-state index in [1.54, 1.807) is 19.1 Å². The molecule has 10 heteroatoms. The van der Waals surface area contributed by atoms with Gasteiger partial charge in [0.25, 0.3) is 0 Å². The zero-order valence-corrected chi connectivity index (χ0v) is 14.9. The van der Waals surface area contributed by atoms with Crippen LogP contribution in [0.4, 0.5) is 5.82 Å². The molecule has 124 valence electrons. The first-order valence-corrected chi connectivity index (χ1v) is 9.02. The molecule has 3 heterocycles. The molecule has 3 aromatic rings. The summed E-state index contributed by atoms with van der Waals surface area (Å²) in [7, 11) is 0. The molecule has 3 aromatic heterocycles. The van der Waals surface area contributed by atoms with Crippen molar-refractivity contribution in [1.29, 1.82) is 0 Å². The number of nitrogens with one attached hydrogen (secondary N) is 1. The van der Waals surface area contributed by atoms with Crippen LogP contribution in [-0.4, -0.2) is 31.0 Å². The Morgan fingerprint density at radius 3 is 2.92 bits per heavy atom. The van der Waals surface area contributed by atoms with Crippen LogP contribution in [0.3, 0.4) is 0 Å². The fourth-order valence-corrected chi connectivity index (χ4v) is 3.41. The monoisotopic (exact) mass is 380 g/mol. The fourth-order valence-electron chi connectivity index (χ4n) is 1.82. The maximum Gasteiger partial charge on any atom is 0.238 e. The number of anilines is 1. The Bertz CT molecular complexity index is 834. The summed E-state index contributed by atoms with van der Waals surface area (Å²) in [4.78, 5) is 17.2.